The Bertz CT molecular complexity index is 2040. The largest absolute Gasteiger partial charge is 0.484 e. The Morgan fingerprint density at radius 1 is 0.683 bits per heavy atom. The number of para-hydroxylation sites is 3. The van der Waals surface area contributed by atoms with Crippen LogP contribution in [0.25, 0.3) is 39.5 Å². The molecule has 1 aliphatic heterocycles. The van der Waals surface area contributed by atoms with Crippen molar-refractivity contribution < 1.29 is 9.15 Å². The summed E-state index contributed by atoms with van der Waals surface area (Å²) in [6.45, 7) is 0. The number of hydrogen-bond acceptors (Lipinski definition) is 3. The maximum atomic E-state index is 6.68. The van der Waals surface area contributed by atoms with Crippen LogP contribution in [0.1, 0.15) is 41.3 Å². The number of fused-ring (bicyclic) bond motifs is 8. The molecule has 3 heterocycles. The average molecular weight is 531 g/mol. The molecule has 2 atom stereocenters. The molecule has 41 heavy (non-hydrogen) atoms. The van der Waals surface area contributed by atoms with Gasteiger partial charge in [-0.3, -0.25) is 4.57 Å². The third kappa shape index (κ3) is 3.37. The van der Waals surface area contributed by atoms with Crippen LogP contribution in [0, 0.1) is 0 Å². The van der Waals surface area contributed by atoms with Gasteiger partial charge in [0.05, 0.1) is 17.0 Å². The van der Waals surface area contributed by atoms with Gasteiger partial charge in [-0.2, -0.15) is 4.98 Å². The predicted molar refractivity (Wildman–Crippen MR) is 163 cm³/mol. The van der Waals surface area contributed by atoms with Crippen LogP contribution >= 0.6 is 0 Å². The molecule has 0 amide bonds. The molecule has 0 saturated carbocycles. The fourth-order valence-electron chi connectivity index (χ4n) is 6.90. The van der Waals surface area contributed by atoms with E-state index in [2.05, 4.69) is 120 Å². The molecule has 4 nitrogen and oxygen atoms in total. The molecule has 4 aromatic carbocycles. The van der Waals surface area contributed by atoms with Gasteiger partial charge < -0.3 is 9.15 Å². The first-order valence-corrected chi connectivity index (χ1v) is 14.3. The topological polar surface area (TPSA) is 40.2 Å². The van der Waals surface area contributed by atoms with Gasteiger partial charge in [0, 0.05) is 21.9 Å². The van der Waals surface area contributed by atoms with E-state index in [1.165, 1.54) is 38.6 Å². The number of hydrogen-bond donors (Lipinski definition) is 0. The summed E-state index contributed by atoms with van der Waals surface area (Å²) in [7, 11) is 0. The number of oxazole rings is 1. The summed E-state index contributed by atoms with van der Waals surface area (Å²) in [5.74, 6) is 1.73. The Morgan fingerprint density at radius 3 is 2.10 bits per heavy atom. The zero-order valence-electron chi connectivity index (χ0n) is 22.3. The van der Waals surface area contributed by atoms with Crippen LogP contribution in [-0.2, 0) is 0 Å². The predicted octanol–water partition coefficient (Wildman–Crippen LogP) is 8.87. The first-order chi connectivity index (χ1) is 20.3. The highest BCUT2D eigenvalue weighted by atomic mass is 16.5. The molecule has 3 aliphatic rings. The molecule has 2 aliphatic carbocycles. The number of benzene rings is 4. The summed E-state index contributed by atoms with van der Waals surface area (Å²) in [6, 6.07) is 36.5. The highest BCUT2D eigenvalue weighted by molar-refractivity contribution is 6.08. The molecule has 0 N–H and O–H groups in total. The van der Waals surface area contributed by atoms with E-state index in [-0.39, 0.29) is 12.0 Å². The van der Waals surface area contributed by atoms with Crippen LogP contribution in [0.5, 0.6) is 5.75 Å². The van der Waals surface area contributed by atoms with Crippen molar-refractivity contribution in [2.75, 3.05) is 0 Å². The lowest BCUT2D eigenvalue weighted by atomic mass is 9.78. The number of aromatic nitrogens is 2. The summed E-state index contributed by atoms with van der Waals surface area (Å²) in [6.07, 6.45) is 8.54. The monoisotopic (exact) mass is 530 g/mol. The van der Waals surface area contributed by atoms with Gasteiger partial charge >= 0.3 is 6.01 Å². The molecule has 196 valence electrons. The first-order valence-electron chi connectivity index (χ1n) is 14.3. The van der Waals surface area contributed by atoms with Gasteiger partial charge in [-0.05, 0) is 53.8 Å². The average Bonchev–Trinajstić information content (AvgIpc) is 3.72. The summed E-state index contributed by atoms with van der Waals surface area (Å²) in [5, 5.41) is 2.38. The molecule has 2 aromatic heterocycles. The molecule has 0 spiro atoms. The molecule has 0 bridgehead atoms. The minimum Gasteiger partial charge on any atom is -0.484 e. The second-order valence-electron chi connectivity index (χ2n) is 11.0. The van der Waals surface area contributed by atoms with E-state index in [4.69, 9.17) is 14.1 Å². The van der Waals surface area contributed by atoms with E-state index >= 15 is 0 Å². The molecule has 0 saturated heterocycles. The standard InChI is InChI=1S/C37H26N2O2/c1-2-10-23(11-3-1)24-18-20-25(21-19-24)29-22-33-35(34-28-14-6-9-17-32(28)40-36(29)34)38-37(41-33)39-30-15-7-4-12-26(30)27-13-5-8-16-31(27)39/h1-18,20,22,34,36H,19,21H2. The molecule has 2 unspecified atom stereocenters. The Hall–Kier alpha value is -5.09. The highest BCUT2D eigenvalue weighted by Gasteiger charge is 2.45. The molecule has 9 rings (SSSR count). The fourth-order valence-corrected chi connectivity index (χ4v) is 6.90. The van der Waals surface area contributed by atoms with Crippen molar-refractivity contribution in [2.24, 2.45) is 0 Å². The van der Waals surface area contributed by atoms with Gasteiger partial charge in [-0.1, -0.05) is 97.1 Å². The molecule has 0 fully saturated rings. The Balaban J connectivity index is 1.22. The summed E-state index contributed by atoms with van der Waals surface area (Å²) < 4.78 is 15.5. The molecular formula is C37H26N2O2. The van der Waals surface area contributed by atoms with Crippen LogP contribution in [0.15, 0.2) is 131 Å². The van der Waals surface area contributed by atoms with E-state index in [0.717, 1.165) is 41.1 Å². The minimum absolute atomic E-state index is 0.0211. The number of allylic oxidation sites excluding steroid dienone is 3. The lowest BCUT2D eigenvalue weighted by Gasteiger charge is -2.28. The summed E-state index contributed by atoms with van der Waals surface area (Å²) >= 11 is 0. The van der Waals surface area contributed by atoms with Gasteiger partial charge in [0.2, 0.25) is 0 Å². The normalized spacial score (nSPS) is 19.2. The van der Waals surface area contributed by atoms with Gasteiger partial charge in [-0.15, -0.1) is 0 Å². The van der Waals surface area contributed by atoms with Crippen LogP contribution in [0.2, 0.25) is 0 Å². The van der Waals surface area contributed by atoms with Crippen LogP contribution < -0.4 is 4.74 Å². The second kappa shape index (κ2) is 8.70. The van der Waals surface area contributed by atoms with E-state index in [9.17, 15) is 0 Å². The number of ether oxygens (including phenoxy) is 1. The lowest BCUT2D eigenvalue weighted by molar-refractivity contribution is 0.253. The highest BCUT2D eigenvalue weighted by Crippen LogP contribution is 2.51. The van der Waals surface area contributed by atoms with Gasteiger partial charge in [0.1, 0.15) is 17.5 Å². The van der Waals surface area contributed by atoms with Crippen molar-refractivity contribution in [1.82, 2.24) is 9.55 Å². The molecule has 0 radical (unpaired) electrons. The number of nitrogens with zero attached hydrogens (tertiary/aromatic N) is 2. The first kappa shape index (κ1) is 22.7. The summed E-state index contributed by atoms with van der Waals surface area (Å²) in [5.41, 5.74) is 9.43. The maximum Gasteiger partial charge on any atom is 0.307 e. The van der Waals surface area contributed by atoms with E-state index in [1.807, 2.05) is 6.07 Å². The van der Waals surface area contributed by atoms with E-state index < -0.39 is 0 Å². The molecule has 4 heteroatoms. The van der Waals surface area contributed by atoms with Crippen molar-refractivity contribution in [1.29, 1.82) is 0 Å². The SMILES string of the molecule is C1=C(C2=Cc3oc(-n4c5ccccc5c5ccccc54)nc3C3c4ccccc4OC23)CCC(c2ccccc2)=C1. The smallest absolute Gasteiger partial charge is 0.307 e. The third-order valence-corrected chi connectivity index (χ3v) is 8.80. The van der Waals surface area contributed by atoms with Crippen LogP contribution in [-0.4, -0.2) is 15.7 Å². The van der Waals surface area contributed by atoms with Gasteiger partial charge in [0.25, 0.3) is 0 Å². The minimum atomic E-state index is -0.131. The maximum absolute atomic E-state index is 6.68. The fraction of sp³-hybridized carbons (Fsp3) is 0.108. The second-order valence-corrected chi connectivity index (χ2v) is 11.0. The Morgan fingerprint density at radius 2 is 1.34 bits per heavy atom. The van der Waals surface area contributed by atoms with Crippen molar-refractivity contribution >= 4 is 33.5 Å². The molecular weight excluding hydrogens is 504 g/mol. The quantitative estimate of drug-likeness (QED) is 0.229. The van der Waals surface area contributed by atoms with Crippen LogP contribution in [0.3, 0.4) is 0 Å². The van der Waals surface area contributed by atoms with Crippen molar-refractivity contribution in [3.8, 4) is 11.8 Å². The van der Waals surface area contributed by atoms with Crippen molar-refractivity contribution in [2.45, 2.75) is 24.9 Å². The van der Waals surface area contributed by atoms with Crippen LogP contribution in [0.4, 0.5) is 0 Å². The lowest BCUT2D eigenvalue weighted by Crippen LogP contribution is -2.27. The van der Waals surface area contributed by atoms with Gasteiger partial charge in [-0.25, -0.2) is 0 Å². The van der Waals surface area contributed by atoms with Gasteiger partial charge in [0.15, 0.2) is 5.76 Å². The third-order valence-electron chi connectivity index (χ3n) is 8.80. The Labute approximate surface area is 237 Å². The van der Waals surface area contributed by atoms with Crippen molar-refractivity contribution in [3.05, 3.63) is 149 Å². The van der Waals surface area contributed by atoms with Crippen molar-refractivity contribution in [3.63, 3.8) is 0 Å². The number of rotatable bonds is 3. The van der Waals surface area contributed by atoms with E-state index in [0.29, 0.717) is 6.01 Å². The van der Waals surface area contributed by atoms with E-state index in [1.54, 1.807) is 0 Å². The Kier molecular flexibility index (Phi) is 4.82. The zero-order valence-corrected chi connectivity index (χ0v) is 22.3. The zero-order chi connectivity index (χ0) is 26.9. The molecule has 6 aromatic rings. The summed E-state index contributed by atoms with van der Waals surface area (Å²) in [4.78, 5) is 5.21.